The van der Waals surface area contributed by atoms with Crippen molar-refractivity contribution in [2.75, 3.05) is 5.32 Å². The van der Waals surface area contributed by atoms with Crippen molar-refractivity contribution in [3.63, 3.8) is 0 Å². The van der Waals surface area contributed by atoms with Gasteiger partial charge in [-0.2, -0.15) is 5.10 Å². The first-order valence-corrected chi connectivity index (χ1v) is 5.57. The van der Waals surface area contributed by atoms with Crippen LogP contribution in [0.25, 0.3) is 0 Å². The molecule has 1 aromatic rings. The Bertz CT molecular complexity index is 558. The number of nitrogens with one attached hydrogen (secondary N) is 1. The quantitative estimate of drug-likeness (QED) is 0.472. The fourth-order valence-corrected chi connectivity index (χ4v) is 1.69. The van der Waals surface area contributed by atoms with Gasteiger partial charge < -0.3 is 11.2 Å². The molecule has 3 N–H and O–H groups in total. The summed E-state index contributed by atoms with van der Waals surface area (Å²) >= 11 is 0. The number of nitrogens with two attached hydrogens (primary N) is 1. The molecule has 0 atom stereocenters. The molecule has 0 saturated carbocycles. The largest absolute Gasteiger partial charge is 0.324 e. The van der Waals surface area contributed by atoms with Gasteiger partial charge in [0.05, 0.1) is 23.5 Å². The third kappa shape index (κ3) is 2.63. The van der Waals surface area contributed by atoms with Crippen LogP contribution >= 0.6 is 0 Å². The van der Waals surface area contributed by atoms with Crippen molar-refractivity contribution >= 4 is 29.2 Å². The van der Waals surface area contributed by atoms with Gasteiger partial charge in [0, 0.05) is 6.21 Å². The second-order valence-electron chi connectivity index (χ2n) is 3.95. The number of aliphatic imine (C=N–C) groups is 1. The summed E-state index contributed by atoms with van der Waals surface area (Å²) in [6.07, 6.45) is 3.46. The van der Waals surface area contributed by atoms with Gasteiger partial charge in [-0.05, 0) is 30.7 Å². The normalized spacial score (nSPS) is 15.9. The number of anilines is 1. The first-order chi connectivity index (χ1) is 8.70. The highest BCUT2D eigenvalue weighted by atomic mass is 16.1. The summed E-state index contributed by atoms with van der Waals surface area (Å²) in [6.45, 7) is 1.88. The van der Waals surface area contributed by atoms with E-state index in [4.69, 9.17) is 5.84 Å². The van der Waals surface area contributed by atoms with Gasteiger partial charge in [0.25, 0.3) is 0 Å². The van der Waals surface area contributed by atoms with Crippen molar-refractivity contribution in [1.29, 1.82) is 0 Å². The van der Waals surface area contributed by atoms with E-state index >= 15 is 0 Å². The number of amides is 1. The predicted octanol–water partition coefficient (Wildman–Crippen LogP) is 1.99. The van der Waals surface area contributed by atoms with E-state index in [1.165, 1.54) is 6.21 Å². The second kappa shape index (κ2) is 5.27. The van der Waals surface area contributed by atoms with Gasteiger partial charge in [0.15, 0.2) is 0 Å². The molecule has 2 rings (SSSR count). The number of fused-ring (bicyclic) bond motifs is 1. The summed E-state index contributed by atoms with van der Waals surface area (Å²) in [5, 5.41) is 6.22. The first kappa shape index (κ1) is 12.0. The molecule has 0 aromatic heterocycles. The summed E-state index contributed by atoms with van der Waals surface area (Å²) in [5.74, 6) is 4.97. The van der Waals surface area contributed by atoms with Crippen LogP contribution in [0, 0.1) is 0 Å². The molecule has 0 spiro atoms. The van der Waals surface area contributed by atoms with Gasteiger partial charge in [0.1, 0.15) is 0 Å². The van der Waals surface area contributed by atoms with E-state index in [2.05, 4.69) is 15.4 Å². The zero-order valence-electron chi connectivity index (χ0n) is 10.1. The zero-order chi connectivity index (χ0) is 13.0. The molecular formula is C13H14N4O. The van der Waals surface area contributed by atoms with E-state index < -0.39 is 0 Å². The summed E-state index contributed by atoms with van der Waals surface area (Å²) in [7, 11) is 0. The third-order valence-electron chi connectivity index (χ3n) is 2.63. The number of hydrogen-bond acceptors (Lipinski definition) is 4. The number of carbonyl (C=O) groups excluding carboxylic acids is 1. The summed E-state index contributed by atoms with van der Waals surface area (Å²) < 4.78 is 0. The summed E-state index contributed by atoms with van der Waals surface area (Å²) in [6, 6.07) is 7.45. The Morgan fingerprint density at radius 3 is 3.06 bits per heavy atom. The number of hydrogen-bond donors (Lipinski definition) is 2. The Kier molecular flexibility index (Phi) is 3.52. The van der Waals surface area contributed by atoms with Crippen LogP contribution in [0.1, 0.15) is 13.3 Å². The van der Waals surface area contributed by atoms with E-state index in [0.717, 1.165) is 22.7 Å². The molecule has 92 valence electrons. The maximum absolute atomic E-state index is 11.8. The van der Waals surface area contributed by atoms with E-state index in [-0.39, 0.29) is 12.3 Å². The highest BCUT2D eigenvalue weighted by Crippen LogP contribution is 2.28. The number of benzene rings is 1. The monoisotopic (exact) mass is 242 g/mol. The van der Waals surface area contributed by atoms with Crippen molar-refractivity contribution < 1.29 is 4.79 Å². The molecule has 1 amide bonds. The van der Waals surface area contributed by atoms with Crippen molar-refractivity contribution in [1.82, 2.24) is 0 Å². The van der Waals surface area contributed by atoms with Crippen LogP contribution in [0.15, 0.2) is 46.0 Å². The van der Waals surface area contributed by atoms with Crippen LogP contribution in [0.5, 0.6) is 0 Å². The first-order valence-electron chi connectivity index (χ1n) is 5.57. The fraction of sp³-hybridized carbons (Fsp3) is 0.154. The summed E-state index contributed by atoms with van der Waals surface area (Å²) in [5.41, 5.74) is 3.09. The molecule has 18 heavy (non-hydrogen) atoms. The highest BCUT2D eigenvalue weighted by Gasteiger charge is 2.15. The smallest absolute Gasteiger partial charge is 0.230 e. The maximum atomic E-state index is 11.8. The molecule has 0 fully saturated rings. The second-order valence-corrected chi connectivity index (χ2v) is 3.95. The standard InChI is InChI=1S/C13H14N4O/c1-9(6-7-15-14)12-8-13(18)17-11-5-3-2-4-10(11)16-12/h2-7H,8,14H2,1H3,(H,17,18)/b9-6+,15-7-. The van der Waals surface area contributed by atoms with Crippen molar-refractivity contribution in [2.45, 2.75) is 13.3 Å². The van der Waals surface area contributed by atoms with Gasteiger partial charge in [0.2, 0.25) is 5.91 Å². The van der Waals surface area contributed by atoms with Crippen LogP contribution in [-0.4, -0.2) is 17.8 Å². The number of carbonyl (C=O) groups is 1. The van der Waals surface area contributed by atoms with E-state index in [9.17, 15) is 4.79 Å². The molecule has 0 unspecified atom stereocenters. The molecule has 1 aliphatic heterocycles. The van der Waals surface area contributed by atoms with Crippen molar-refractivity contribution in [2.24, 2.45) is 15.9 Å². The molecule has 5 heteroatoms. The van der Waals surface area contributed by atoms with Crippen LogP contribution in [0.3, 0.4) is 0 Å². The lowest BCUT2D eigenvalue weighted by molar-refractivity contribution is -0.115. The Balaban J connectivity index is 2.43. The van der Waals surface area contributed by atoms with Gasteiger partial charge in [-0.25, -0.2) is 0 Å². The van der Waals surface area contributed by atoms with Crippen LogP contribution in [0.2, 0.25) is 0 Å². The minimum absolute atomic E-state index is 0.0730. The Morgan fingerprint density at radius 2 is 2.28 bits per heavy atom. The lowest BCUT2D eigenvalue weighted by Gasteiger charge is -2.02. The molecule has 1 aliphatic rings. The zero-order valence-corrected chi connectivity index (χ0v) is 10.1. The topological polar surface area (TPSA) is 79.8 Å². The van der Waals surface area contributed by atoms with Crippen LogP contribution in [-0.2, 0) is 4.79 Å². The van der Waals surface area contributed by atoms with Crippen molar-refractivity contribution in [3.05, 3.63) is 35.9 Å². The molecule has 0 aliphatic carbocycles. The third-order valence-corrected chi connectivity index (χ3v) is 2.63. The summed E-state index contributed by atoms with van der Waals surface area (Å²) in [4.78, 5) is 16.3. The average Bonchev–Trinajstić information content (AvgIpc) is 2.53. The number of nitrogens with zero attached hydrogens (tertiary/aromatic N) is 2. The molecule has 0 saturated heterocycles. The lowest BCUT2D eigenvalue weighted by atomic mass is 10.1. The number of allylic oxidation sites excluding steroid dienone is 2. The minimum Gasteiger partial charge on any atom is -0.324 e. The van der Waals surface area contributed by atoms with Gasteiger partial charge in [-0.3, -0.25) is 9.79 Å². The SMILES string of the molecule is C/C(=C\C=N/N)C1=Nc2ccccc2NC(=O)C1. The van der Waals surface area contributed by atoms with E-state index in [1.54, 1.807) is 6.08 Å². The van der Waals surface area contributed by atoms with Gasteiger partial charge in [-0.15, -0.1) is 0 Å². The van der Waals surface area contributed by atoms with Crippen LogP contribution < -0.4 is 11.2 Å². The highest BCUT2D eigenvalue weighted by molar-refractivity contribution is 6.17. The number of para-hydroxylation sites is 2. The van der Waals surface area contributed by atoms with E-state index in [1.807, 2.05) is 31.2 Å². The van der Waals surface area contributed by atoms with Gasteiger partial charge in [-0.1, -0.05) is 12.1 Å². The predicted molar refractivity (Wildman–Crippen MR) is 73.2 cm³/mol. The average molecular weight is 242 g/mol. The van der Waals surface area contributed by atoms with Gasteiger partial charge >= 0.3 is 0 Å². The molecule has 5 nitrogen and oxygen atoms in total. The molecular weight excluding hydrogens is 228 g/mol. The van der Waals surface area contributed by atoms with Crippen molar-refractivity contribution in [3.8, 4) is 0 Å². The molecule has 1 heterocycles. The fourth-order valence-electron chi connectivity index (χ4n) is 1.69. The van der Waals surface area contributed by atoms with Crippen LogP contribution in [0.4, 0.5) is 11.4 Å². The molecule has 0 radical (unpaired) electrons. The number of hydrazone groups is 1. The minimum atomic E-state index is -0.0730. The van der Waals surface area contributed by atoms with E-state index in [0.29, 0.717) is 0 Å². The number of rotatable bonds is 2. The molecule has 1 aromatic carbocycles. The maximum Gasteiger partial charge on any atom is 0.230 e. The Hall–Kier alpha value is -2.43. The molecule has 0 bridgehead atoms. The lowest BCUT2D eigenvalue weighted by Crippen LogP contribution is -2.14. The Labute approximate surface area is 105 Å². The Morgan fingerprint density at radius 1 is 1.50 bits per heavy atom.